The van der Waals surface area contributed by atoms with Gasteiger partial charge in [0.05, 0.1) is 22.1 Å². The van der Waals surface area contributed by atoms with E-state index in [2.05, 4.69) is 221 Å². The van der Waals surface area contributed by atoms with Crippen LogP contribution in [0.15, 0.2) is 223 Å². The molecular weight excluding hydrogens is 721 g/mol. The second kappa shape index (κ2) is 12.8. The fraction of sp³-hybridized carbons (Fsp3) is 0. The molecule has 0 N–H and O–H groups in total. The number of furan rings is 1. The summed E-state index contributed by atoms with van der Waals surface area (Å²) in [4.78, 5) is 0. The van der Waals surface area contributed by atoms with E-state index < -0.39 is 8.07 Å². The Morgan fingerprint density at radius 3 is 1.40 bits per heavy atom. The zero-order valence-electron chi connectivity index (χ0n) is 31.6. The summed E-state index contributed by atoms with van der Waals surface area (Å²) in [6.07, 6.45) is 0. The van der Waals surface area contributed by atoms with Crippen LogP contribution >= 0.6 is 0 Å². The van der Waals surface area contributed by atoms with Crippen LogP contribution in [0.25, 0.3) is 76.9 Å². The van der Waals surface area contributed by atoms with Crippen molar-refractivity contribution in [1.82, 2.24) is 9.13 Å². The smallest absolute Gasteiger partial charge is 0.179 e. The first-order valence-corrected chi connectivity index (χ1v) is 21.9. The van der Waals surface area contributed by atoms with Crippen LogP contribution in [0.3, 0.4) is 0 Å². The van der Waals surface area contributed by atoms with E-state index in [9.17, 15) is 0 Å². The van der Waals surface area contributed by atoms with Gasteiger partial charge in [0, 0.05) is 43.7 Å². The van der Waals surface area contributed by atoms with Crippen molar-refractivity contribution < 1.29 is 4.42 Å². The minimum absolute atomic E-state index is 0.913. The molecule has 0 aliphatic rings. The maximum absolute atomic E-state index is 6.37. The molecule has 0 aliphatic carbocycles. The average Bonchev–Trinajstić information content (AvgIpc) is 3.94. The minimum Gasteiger partial charge on any atom is -0.456 e. The van der Waals surface area contributed by atoms with Gasteiger partial charge in [-0.1, -0.05) is 158 Å². The predicted molar refractivity (Wildman–Crippen MR) is 246 cm³/mol. The van der Waals surface area contributed by atoms with Gasteiger partial charge >= 0.3 is 0 Å². The van der Waals surface area contributed by atoms with Crippen LogP contribution in [0.2, 0.25) is 0 Å². The molecule has 3 nitrogen and oxygen atoms in total. The van der Waals surface area contributed by atoms with Crippen molar-refractivity contribution in [3.05, 3.63) is 218 Å². The molecule has 58 heavy (non-hydrogen) atoms. The van der Waals surface area contributed by atoms with Crippen molar-refractivity contribution in [2.45, 2.75) is 0 Å². The van der Waals surface area contributed by atoms with Gasteiger partial charge in [0.2, 0.25) is 0 Å². The zero-order valence-corrected chi connectivity index (χ0v) is 32.6. The predicted octanol–water partition coefficient (Wildman–Crippen LogP) is 11.2. The fourth-order valence-electron chi connectivity index (χ4n) is 9.76. The van der Waals surface area contributed by atoms with Crippen molar-refractivity contribution in [2.24, 2.45) is 0 Å². The summed E-state index contributed by atoms with van der Waals surface area (Å²) >= 11 is 0. The molecule has 12 rings (SSSR count). The Morgan fingerprint density at radius 2 is 0.741 bits per heavy atom. The van der Waals surface area contributed by atoms with E-state index in [0.717, 1.165) is 27.6 Å². The molecular formula is C54H36N2OSi. The molecule has 0 saturated heterocycles. The van der Waals surface area contributed by atoms with E-state index in [0.29, 0.717) is 0 Å². The molecule has 0 fully saturated rings. The third-order valence-electron chi connectivity index (χ3n) is 12.3. The minimum atomic E-state index is -2.88. The first-order valence-electron chi connectivity index (χ1n) is 19.9. The molecule has 3 heterocycles. The van der Waals surface area contributed by atoms with Gasteiger partial charge in [-0.25, -0.2) is 0 Å². The normalized spacial score (nSPS) is 12.1. The van der Waals surface area contributed by atoms with Crippen LogP contribution in [-0.2, 0) is 0 Å². The van der Waals surface area contributed by atoms with Gasteiger partial charge in [-0.2, -0.15) is 0 Å². The molecule has 9 aromatic carbocycles. The van der Waals surface area contributed by atoms with Crippen LogP contribution in [0.5, 0.6) is 0 Å². The van der Waals surface area contributed by atoms with Crippen molar-refractivity contribution in [3.8, 4) is 11.4 Å². The van der Waals surface area contributed by atoms with Gasteiger partial charge in [-0.15, -0.1) is 0 Å². The highest BCUT2D eigenvalue weighted by Crippen LogP contribution is 2.38. The molecule has 4 heteroatoms. The number of fused-ring (bicyclic) bond motifs is 9. The summed E-state index contributed by atoms with van der Waals surface area (Å²) in [5.41, 5.74) is 8.89. The van der Waals surface area contributed by atoms with Gasteiger partial charge < -0.3 is 13.6 Å². The van der Waals surface area contributed by atoms with E-state index in [1.807, 2.05) is 6.07 Å². The number of benzene rings is 9. The summed E-state index contributed by atoms with van der Waals surface area (Å²) in [7, 11) is -2.88. The molecule has 272 valence electrons. The fourth-order valence-corrected chi connectivity index (χ4v) is 14.5. The molecule has 12 aromatic rings. The summed E-state index contributed by atoms with van der Waals surface area (Å²) in [5.74, 6) is 0. The maximum Gasteiger partial charge on any atom is 0.179 e. The Labute approximate surface area is 336 Å². The van der Waals surface area contributed by atoms with Crippen LogP contribution in [0.4, 0.5) is 0 Å². The van der Waals surface area contributed by atoms with Crippen molar-refractivity contribution in [2.75, 3.05) is 0 Å². The van der Waals surface area contributed by atoms with Gasteiger partial charge in [0.25, 0.3) is 0 Å². The topological polar surface area (TPSA) is 23.0 Å². The van der Waals surface area contributed by atoms with Crippen molar-refractivity contribution in [1.29, 1.82) is 0 Å². The molecule has 0 spiro atoms. The number of para-hydroxylation sites is 4. The van der Waals surface area contributed by atoms with Crippen molar-refractivity contribution in [3.63, 3.8) is 0 Å². The lowest BCUT2D eigenvalue weighted by molar-refractivity contribution is 0.669. The molecule has 0 radical (unpaired) electrons. The number of aromatic nitrogens is 2. The molecule has 0 amide bonds. The Balaban J connectivity index is 1.11. The van der Waals surface area contributed by atoms with Crippen LogP contribution in [0, 0.1) is 0 Å². The van der Waals surface area contributed by atoms with Crippen LogP contribution in [-0.4, -0.2) is 17.2 Å². The van der Waals surface area contributed by atoms with Gasteiger partial charge in [0.15, 0.2) is 8.07 Å². The number of hydrogen-bond donors (Lipinski definition) is 0. The molecule has 0 aliphatic heterocycles. The summed E-state index contributed by atoms with van der Waals surface area (Å²) in [5, 5.41) is 12.6. The van der Waals surface area contributed by atoms with Crippen LogP contribution in [0.1, 0.15) is 0 Å². The maximum atomic E-state index is 6.37. The Bertz CT molecular complexity index is 3450. The molecule has 0 atom stereocenters. The van der Waals surface area contributed by atoms with E-state index in [4.69, 9.17) is 4.42 Å². The monoisotopic (exact) mass is 756 g/mol. The standard InChI is InChI=1S/C54H36N2OSi/c1-4-16-37(17-5-1)55-49-25-13-10-22-43(49)46-34-42(32-33-51(46)55)58(39-18-6-2-7-19-39,40-20-8-3-9-21-40)41-30-28-38(29-31-41)56-50-26-14-11-23-44(50)47-36-54-48(35-52(47)56)45-24-12-15-27-53(45)57-54/h1-36H. The van der Waals surface area contributed by atoms with Gasteiger partial charge in [-0.3, -0.25) is 0 Å². The summed E-state index contributed by atoms with van der Waals surface area (Å²) in [6.45, 7) is 0. The van der Waals surface area contributed by atoms with Crippen molar-refractivity contribution >= 4 is 94.4 Å². The SMILES string of the molecule is c1ccc(-n2c3ccccc3c3cc([Si](c4ccccc4)(c4ccccc4)c4ccc(-n5c6ccccc6c6cc7oc8ccccc8c7cc65)cc4)ccc32)cc1. The number of rotatable bonds is 6. The first kappa shape index (κ1) is 32.8. The summed E-state index contributed by atoms with van der Waals surface area (Å²) < 4.78 is 11.2. The Morgan fingerprint density at radius 1 is 0.276 bits per heavy atom. The highest BCUT2D eigenvalue weighted by atomic mass is 28.3. The quantitative estimate of drug-likeness (QED) is 0.122. The lowest BCUT2D eigenvalue weighted by Gasteiger charge is -2.34. The van der Waals surface area contributed by atoms with Gasteiger partial charge in [-0.05, 0) is 81.4 Å². The molecule has 0 bridgehead atoms. The van der Waals surface area contributed by atoms with E-state index in [1.54, 1.807) is 0 Å². The number of hydrogen-bond acceptors (Lipinski definition) is 1. The molecule has 3 aromatic heterocycles. The third kappa shape index (κ3) is 4.73. The summed E-state index contributed by atoms with van der Waals surface area (Å²) in [6, 6.07) is 80.4. The second-order valence-electron chi connectivity index (χ2n) is 15.3. The molecule has 0 unspecified atom stereocenters. The highest BCUT2D eigenvalue weighted by molar-refractivity contribution is 7.20. The lowest BCUT2D eigenvalue weighted by Crippen LogP contribution is -2.74. The molecule has 0 saturated carbocycles. The zero-order chi connectivity index (χ0) is 38.2. The average molecular weight is 757 g/mol. The first-order chi connectivity index (χ1) is 28.8. The van der Waals surface area contributed by atoms with E-state index >= 15 is 0 Å². The van der Waals surface area contributed by atoms with E-state index in [1.165, 1.54) is 70.0 Å². The Hall–Kier alpha value is -7.40. The Kier molecular flexibility index (Phi) is 7.25. The van der Waals surface area contributed by atoms with Crippen LogP contribution < -0.4 is 20.7 Å². The van der Waals surface area contributed by atoms with Gasteiger partial charge in [0.1, 0.15) is 11.2 Å². The second-order valence-corrected chi connectivity index (χ2v) is 19.1. The highest BCUT2D eigenvalue weighted by Gasteiger charge is 2.41. The lowest BCUT2D eigenvalue weighted by atomic mass is 10.1. The number of nitrogens with zero attached hydrogens (tertiary/aromatic N) is 2. The third-order valence-corrected chi connectivity index (χ3v) is 17.0. The van der Waals surface area contributed by atoms with E-state index in [-0.39, 0.29) is 0 Å². The largest absolute Gasteiger partial charge is 0.456 e.